The summed E-state index contributed by atoms with van der Waals surface area (Å²) in [5, 5.41) is 0. The van der Waals surface area contributed by atoms with Crippen molar-refractivity contribution in [3.8, 4) is 0 Å². The lowest BCUT2D eigenvalue weighted by molar-refractivity contribution is -0.339. The van der Waals surface area contributed by atoms with Gasteiger partial charge in [0.25, 0.3) is 5.60 Å². The van der Waals surface area contributed by atoms with Crippen LogP contribution in [0.3, 0.4) is 0 Å². The maximum absolute atomic E-state index is 12.0. The first-order valence-electron chi connectivity index (χ1n) is 3.24. The molecule has 0 N–H and O–H groups in total. The fraction of sp³-hybridized carbons (Fsp3) is 0.600. The predicted molar refractivity (Wildman–Crippen MR) is 35.9 cm³/mol. The van der Waals surface area contributed by atoms with Gasteiger partial charge in [0.2, 0.25) is 0 Å². The van der Waals surface area contributed by atoms with E-state index in [2.05, 4.69) is 11.1 Å². The molecular weight excluding hydrogens is 275 g/mol. The zero-order valence-electron chi connectivity index (χ0n) is 7.07. The Bertz CT molecular complexity index is 297. The van der Waals surface area contributed by atoms with Gasteiger partial charge in [-0.05, 0) is 6.08 Å². The van der Waals surface area contributed by atoms with Gasteiger partial charge in [0.15, 0.2) is 0 Å². The molecule has 0 saturated carbocycles. The van der Waals surface area contributed by atoms with E-state index in [1.165, 1.54) is 0 Å². The maximum Gasteiger partial charge on any atom is 0.553 e. The first kappa shape index (κ1) is 15.4. The molecule has 0 saturated heterocycles. The van der Waals surface area contributed by atoms with Crippen LogP contribution in [-0.2, 0) is 9.09 Å². The third-order valence-electron chi connectivity index (χ3n) is 1.38. The number of alkyl halides is 6. The van der Waals surface area contributed by atoms with Crippen LogP contribution in [-0.4, -0.2) is 18.0 Å². The zero-order chi connectivity index (χ0) is 13.4. The van der Waals surface area contributed by atoms with Gasteiger partial charge in [0.1, 0.15) is 0 Å². The van der Waals surface area contributed by atoms with Crippen molar-refractivity contribution in [1.82, 2.24) is 0 Å². The second-order valence-electron chi connectivity index (χ2n) is 2.44. The first-order valence-corrected chi connectivity index (χ1v) is 4.64. The topological polar surface area (TPSA) is 26.3 Å². The summed E-state index contributed by atoms with van der Waals surface area (Å²) in [5.41, 5.74) is -5.35. The molecule has 0 aromatic carbocycles. The molecule has 2 nitrogen and oxygen atoms in total. The molecule has 0 atom stereocenters. The van der Waals surface area contributed by atoms with Crippen LogP contribution in [0.2, 0.25) is 0 Å². The summed E-state index contributed by atoms with van der Waals surface area (Å²) in [6, 6.07) is 0. The summed E-state index contributed by atoms with van der Waals surface area (Å²) in [5.74, 6) is 0. The molecule has 0 unspecified atom stereocenters. The van der Waals surface area contributed by atoms with Crippen molar-refractivity contribution >= 4 is 7.99 Å². The van der Waals surface area contributed by atoms with Crippen LogP contribution < -0.4 is 0 Å². The second-order valence-corrected chi connectivity index (χ2v) is 3.45. The Kier molecular flexibility index (Phi) is 3.83. The number of rotatable bonds is 3. The number of hydrogen-bond donors (Lipinski definition) is 0. The summed E-state index contributed by atoms with van der Waals surface area (Å²) < 4.78 is 108. The molecule has 11 heteroatoms. The van der Waals surface area contributed by atoms with Gasteiger partial charge in [-0.1, -0.05) is 6.58 Å². The maximum atomic E-state index is 12.0. The monoisotopic (exact) mass is 278 g/mol. The zero-order valence-corrected chi connectivity index (χ0v) is 7.97. The van der Waals surface area contributed by atoms with Crippen LogP contribution in [0.4, 0.5) is 34.7 Å². The molecule has 0 aliphatic carbocycles. The van der Waals surface area contributed by atoms with E-state index >= 15 is 0 Å². The molecule has 96 valence electrons. The van der Waals surface area contributed by atoms with Crippen LogP contribution in [0.1, 0.15) is 0 Å². The van der Waals surface area contributed by atoms with E-state index in [9.17, 15) is 39.3 Å². The van der Waals surface area contributed by atoms with Crippen molar-refractivity contribution in [2.75, 3.05) is 0 Å². The Hall–Kier alpha value is -0.630. The molecule has 0 aromatic rings. The lowest BCUT2D eigenvalue weighted by Gasteiger charge is -2.33. The molecule has 0 rings (SSSR count). The molecule has 0 spiro atoms. The van der Waals surface area contributed by atoms with Gasteiger partial charge in [0, 0.05) is 0 Å². The average molecular weight is 278 g/mol. The van der Waals surface area contributed by atoms with Gasteiger partial charge in [-0.3, -0.25) is 0 Å². The Morgan fingerprint density at radius 3 is 1.38 bits per heavy atom. The highest BCUT2D eigenvalue weighted by Crippen LogP contribution is 2.60. The van der Waals surface area contributed by atoms with E-state index < -0.39 is 32.0 Å². The van der Waals surface area contributed by atoms with Gasteiger partial charge in [-0.25, -0.2) is 9.09 Å². The lowest BCUT2D eigenvalue weighted by Crippen LogP contribution is -2.56. The highest BCUT2D eigenvalue weighted by atomic mass is 31.2. The Morgan fingerprint density at radius 2 is 1.31 bits per heavy atom. The van der Waals surface area contributed by atoms with Crippen LogP contribution in [0.25, 0.3) is 0 Å². The third kappa shape index (κ3) is 2.94. The fourth-order valence-electron chi connectivity index (χ4n) is 0.701. The van der Waals surface area contributed by atoms with E-state index in [1.807, 2.05) is 0 Å². The normalized spacial score (nSPS) is 15.0. The van der Waals surface area contributed by atoms with Crippen molar-refractivity contribution in [3.05, 3.63) is 12.7 Å². The van der Waals surface area contributed by atoms with Gasteiger partial charge in [0.05, 0.1) is 0 Å². The van der Waals surface area contributed by atoms with Crippen molar-refractivity contribution < 1.29 is 43.8 Å². The SMILES string of the molecule is C=CC(OP(=O)(F)F)(C(F)(F)F)C(F)(F)F. The summed E-state index contributed by atoms with van der Waals surface area (Å²) in [7, 11) is -7.01. The smallest absolute Gasteiger partial charge is 0.250 e. The van der Waals surface area contributed by atoms with E-state index in [0.717, 1.165) is 0 Å². The van der Waals surface area contributed by atoms with Crippen molar-refractivity contribution in [1.29, 1.82) is 0 Å². The van der Waals surface area contributed by atoms with Crippen molar-refractivity contribution in [2.24, 2.45) is 0 Å². The molecule has 16 heavy (non-hydrogen) atoms. The summed E-state index contributed by atoms with van der Waals surface area (Å²) >= 11 is 0. The van der Waals surface area contributed by atoms with Crippen LogP contribution in [0.5, 0.6) is 0 Å². The van der Waals surface area contributed by atoms with E-state index in [1.54, 1.807) is 0 Å². The molecule has 0 aromatic heterocycles. The first-order chi connectivity index (χ1) is 6.77. The molecule has 0 fully saturated rings. The molecule has 0 aliphatic rings. The van der Waals surface area contributed by atoms with Gasteiger partial charge < -0.3 is 0 Å². The van der Waals surface area contributed by atoms with Gasteiger partial charge in [-0.2, -0.15) is 26.3 Å². The lowest BCUT2D eigenvalue weighted by atomic mass is 10.0. The molecule has 0 aliphatic heterocycles. The minimum Gasteiger partial charge on any atom is -0.250 e. The largest absolute Gasteiger partial charge is 0.553 e. The van der Waals surface area contributed by atoms with E-state index in [4.69, 9.17) is 0 Å². The summed E-state index contributed by atoms with van der Waals surface area (Å²) in [4.78, 5) is 0. The summed E-state index contributed by atoms with van der Waals surface area (Å²) in [6.45, 7) is 2.13. The standard InChI is InChI=1S/C5H3F8O2P/c1-2-3(4(6,7)8,5(9,10)11)15-16(12,13)14/h2H,1H2. The minimum atomic E-state index is -7.01. The van der Waals surface area contributed by atoms with E-state index in [-0.39, 0.29) is 0 Å². The summed E-state index contributed by atoms with van der Waals surface area (Å²) in [6.07, 6.45) is -13.4. The van der Waals surface area contributed by atoms with Crippen LogP contribution in [0.15, 0.2) is 12.7 Å². The van der Waals surface area contributed by atoms with E-state index in [0.29, 0.717) is 0 Å². The van der Waals surface area contributed by atoms with Gasteiger partial charge in [-0.15, -0.1) is 8.39 Å². The van der Waals surface area contributed by atoms with Crippen molar-refractivity contribution in [3.63, 3.8) is 0 Å². The Morgan fingerprint density at radius 1 is 1.00 bits per heavy atom. The quantitative estimate of drug-likeness (QED) is 0.441. The molecule has 0 amide bonds. The third-order valence-corrected chi connectivity index (χ3v) is 1.88. The van der Waals surface area contributed by atoms with Crippen LogP contribution >= 0.6 is 7.99 Å². The predicted octanol–water partition coefficient (Wildman–Crippen LogP) is 4.10. The molecule has 0 heterocycles. The van der Waals surface area contributed by atoms with Crippen molar-refractivity contribution in [2.45, 2.75) is 18.0 Å². The molecule has 0 bridgehead atoms. The number of hydrogen-bond acceptors (Lipinski definition) is 2. The minimum absolute atomic E-state index is 0.918. The second kappa shape index (κ2) is 3.99. The number of halogens is 8. The highest BCUT2D eigenvalue weighted by molar-refractivity contribution is 7.47. The Balaban J connectivity index is 5.69. The van der Waals surface area contributed by atoms with Gasteiger partial charge >= 0.3 is 20.3 Å². The Labute approximate surface area is 83.6 Å². The van der Waals surface area contributed by atoms with Crippen LogP contribution in [0, 0.1) is 0 Å². The molecule has 0 radical (unpaired) electrons. The fourth-order valence-corrected chi connectivity index (χ4v) is 1.32. The molecular formula is C5H3F8O2P. The highest BCUT2D eigenvalue weighted by Gasteiger charge is 2.73. The average Bonchev–Trinajstić information content (AvgIpc) is 1.93.